The number of hydrogen-bond donors (Lipinski definition) is 0. The third kappa shape index (κ3) is 4.69. The zero-order chi connectivity index (χ0) is 22.5. The van der Waals surface area contributed by atoms with E-state index in [0.29, 0.717) is 16.3 Å². The maximum Gasteiger partial charge on any atom is 0.269 e. The van der Waals surface area contributed by atoms with Gasteiger partial charge in [-0.3, -0.25) is 10.1 Å². The Labute approximate surface area is 190 Å². The molecule has 0 aliphatic rings. The van der Waals surface area contributed by atoms with Gasteiger partial charge in [0.05, 0.1) is 16.2 Å². The van der Waals surface area contributed by atoms with E-state index in [4.69, 9.17) is 4.98 Å². The molecule has 0 aliphatic carbocycles. The smallest absolute Gasteiger partial charge is 0.258 e. The minimum Gasteiger partial charge on any atom is -0.258 e. The van der Waals surface area contributed by atoms with Gasteiger partial charge in [-0.05, 0) is 24.1 Å². The Morgan fingerprint density at radius 3 is 2.28 bits per heavy atom. The lowest BCUT2D eigenvalue weighted by Gasteiger charge is -2.13. The number of thioether (sulfide) groups is 1. The number of non-ortho nitro benzene ring substituents is 1. The number of pyridine rings is 1. The average molecular weight is 438 g/mol. The maximum atomic E-state index is 10.9. The highest BCUT2D eigenvalue weighted by Crippen LogP contribution is 2.35. The van der Waals surface area contributed by atoms with Gasteiger partial charge in [-0.25, -0.2) is 4.98 Å². The molecule has 4 aromatic rings. The molecule has 0 spiro atoms. The summed E-state index contributed by atoms with van der Waals surface area (Å²) in [6.45, 7) is 2.04. The Hall–Kier alpha value is -3.95. The molecule has 5 nitrogen and oxygen atoms in total. The van der Waals surface area contributed by atoms with Crippen LogP contribution in [-0.4, -0.2) is 9.91 Å². The Balaban J connectivity index is 1.75. The molecule has 0 radical (unpaired) electrons. The lowest BCUT2D eigenvalue weighted by molar-refractivity contribution is -0.384. The molecule has 0 fully saturated rings. The molecular weight excluding hydrogens is 418 g/mol. The highest BCUT2D eigenvalue weighted by Gasteiger charge is 2.16. The number of nitro benzene ring substituents is 1. The number of nitriles is 1. The Morgan fingerprint density at radius 2 is 1.66 bits per heavy atom. The minimum absolute atomic E-state index is 0.0577. The van der Waals surface area contributed by atoms with Gasteiger partial charge in [-0.2, -0.15) is 5.26 Å². The van der Waals surface area contributed by atoms with E-state index in [-0.39, 0.29) is 5.69 Å². The summed E-state index contributed by atoms with van der Waals surface area (Å²) < 4.78 is 0. The molecule has 1 aromatic heterocycles. The molecule has 0 saturated heterocycles. The van der Waals surface area contributed by atoms with Crippen molar-refractivity contribution in [3.05, 3.63) is 112 Å². The molecule has 0 bridgehead atoms. The number of nitrogens with zero attached hydrogens (tertiary/aromatic N) is 3. The van der Waals surface area contributed by atoms with Crippen molar-refractivity contribution in [3.8, 4) is 28.5 Å². The van der Waals surface area contributed by atoms with Crippen LogP contribution in [0.15, 0.2) is 90.0 Å². The molecule has 0 atom stereocenters. The summed E-state index contributed by atoms with van der Waals surface area (Å²) >= 11 is 1.46. The van der Waals surface area contributed by atoms with Crippen LogP contribution in [-0.2, 0) is 5.75 Å². The molecule has 0 saturated carbocycles. The maximum absolute atomic E-state index is 10.9. The van der Waals surface area contributed by atoms with Crippen molar-refractivity contribution in [2.75, 3.05) is 0 Å². The van der Waals surface area contributed by atoms with Crippen LogP contribution in [0.3, 0.4) is 0 Å². The highest BCUT2D eigenvalue weighted by atomic mass is 32.2. The van der Waals surface area contributed by atoms with Gasteiger partial charge in [-0.1, -0.05) is 72.3 Å². The molecule has 0 aliphatic heterocycles. The second kappa shape index (κ2) is 9.46. The van der Waals surface area contributed by atoms with E-state index < -0.39 is 4.92 Å². The van der Waals surface area contributed by atoms with E-state index in [1.54, 1.807) is 12.1 Å². The largest absolute Gasteiger partial charge is 0.269 e. The van der Waals surface area contributed by atoms with Crippen LogP contribution in [0.25, 0.3) is 22.4 Å². The van der Waals surface area contributed by atoms with Crippen molar-refractivity contribution in [3.63, 3.8) is 0 Å². The van der Waals surface area contributed by atoms with Gasteiger partial charge in [0.2, 0.25) is 0 Å². The standard InChI is InChI=1S/C26H19N3O2S/c1-18-7-11-21(12-8-18)25-15-23(20-5-3-2-4-6-20)24(16-27)26(28-25)32-17-19-9-13-22(14-10-19)29(30)31/h2-15H,17H2,1H3. The Bertz CT molecular complexity index is 1300. The fourth-order valence-electron chi connectivity index (χ4n) is 3.32. The summed E-state index contributed by atoms with van der Waals surface area (Å²) in [4.78, 5) is 15.3. The van der Waals surface area contributed by atoms with Crippen molar-refractivity contribution in [2.24, 2.45) is 0 Å². The second-order valence-electron chi connectivity index (χ2n) is 7.29. The predicted octanol–water partition coefficient (Wildman–Crippen LogP) is 6.80. The van der Waals surface area contributed by atoms with Crippen LogP contribution in [0.1, 0.15) is 16.7 Å². The lowest BCUT2D eigenvalue weighted by Crippen LogP contribution is -1.96. The van der Waals surface area contributed by atoms with Crippen LogP contribution >= 0.6 is 11.8 Å². The SMILES string of the molecule is Cc1ccc(-c2cc(-c3ccccc3)c(C#N)c(SCc3ccc([N+](=O)[O-])cc3)n2)cc1. The zero-order valence-corrected chi connectivity index (χ0v) is 18.2. The topological polar surface area (TPSA) is 79.8 Å². The summed E-state index contributed by atoms with van der Waals surface area (Å²) in [5.41, 5.74) is 6.25. The minimum atomic E-state index is -0.413. The highest BCUT2D eigenvalue weighted by molar-refractivity contribution is 7.98. The molecule has 156 valence electrons. The first-order valence-electron chi connectivity index (χ1n) is 9.99. The molecule has 0 unspecified atom stereocenters. The molecule has 32 heavy (non-hydrogen) atoms. The first-order valence-corrected chi connectivity index (χ1v) is 11.0. The summed E-state index contributed by atoms with van der Waals surface area (Å²) in [5, 5.41) is 21.5. The fourth-order valence-corrected chi connectivity index (χ4v) is 4.28. The first-order chi connectivity index (χ1) is 15.5. The van der Waals surface area contributed by atoms with Crippen molar-refractivity contribution < 1.29 is 4.92 Å². The van der Waals surface area contributed by atoms with Gasteiger partial charge in [0, 0.05) is 29.0 Å². The molecule has 0 amide bonds. The van der Waals surface area contributed by atoms with Gasteiger partial charge in [0.25, 0.3) is 5.69 Å². The summed E-state index contributed by atoms with van der Waals surface area (Å²) in [5.74, 6) is 0.547. The Morgan fingerprint density at radius 1 is 0.969 bits per heavy atom. The summed E-state index contributed by atoms with van der Waals surface area (Å²) in [6.07, 6.45) is 0. The van der Waals surface area contributed by atoms with E-state index in [0.717, 1.165) is 27.9 Å². The quantitative estimate of drug-likeness (QED) is 0.188. The molecule has 6 heteroatoms. The molecule has 4 rings (SSSR count). The molecular formula is C26H19N3O2S. The molecule has 3 aromatic carbocycles. The molecule has 1 heterocycles. The third-order valence-corrected chi connectivity index (χ3v) is 6.10. The van der Waals surface area contributed by atoms with Gasteiger partial charge in [0.1, 0.15) is 11.1 Å². The van der Waals surface area contributed by atoms with Crippen molar-refractivity contribution in [2.45, 2.75) is 17.7 Å². The van der Waals surface area contributed by atoms with E-state index in [1.165, 1.54) is 29.5 Å². The van der Waals surface area contributed by atoms with Gasteiger partial charge in [0.15, 0.2) is 0 Å². The van der Waals surface area contributed by atoms with Crippen molar-refractivity contribution >= 4 is 17.4 Å². The van der Waals surface area contributed by atoms with E-state index in [1.807, 2.05) is 67.6 Å². The van der Waals surface area contributed by atoms with E-state index in [2.05, 4.69) is 6.07 Å². The summed E-state index contributed by atoms with van der Waals surface area (Å²) in [7, 11) is 0. The average Bonchev–Trinajstić information content (AvgIpc) is 2.83. The number of nitro groups is 1. The number of aryl methyl sites for hydroxylation is 1. The van der Waals surface area contributed by atoms with Crippen molar-refractivity contribution in [1.29, 1.82) is 5.26 Å². The van der Waals surface area contributed by atoms with Gasteiger partial charge < -0.3 is 0 Å². The van der Waals surface area contributed by atoms with Crippen LogP contribution in [0.4, 0.5) is 5.69 Å². The van der Waals surface area contributed by atoms with E-state index in [9.17, 15) is 15.4 Å². The second-order valence-corrected chi connectivity index (χ2v) is 8.26. The van der Waals surface area contributed by atoms with E-state index >= 15 is 0 Å². The zero-order valence-electron chi connectivity index (χ0n) is 17.4. The first kappa shape index (κ1) is 21.3. The van der Waals surface area contributed by atoms with Gasteiger partial charge >= 0.3 is 0 Å². The monoisotopic (exact) mass is 437 g/mol. The third-order valence-electron chi connectivity index (χ3n) is 5.05. The number of hydrogen-bond acceptors (Lipinski definition) is 5. The summed E-state index contributed by atoms with van der Waals surface area (Å²) in [6, 6.07) is 28.7. The predicted molar refractivity (Wildman–Crippen MR) is 127 cm³/mol. The fraction of sp³-hybridized carbons (Fsp3) is 0.0769. The van der Waals surface area contributed by atoms with Crippen LogP contribution in [0.5, 0.6) is 0 Å². The lowest BCUT2D eigenvalue weighted by atomic mass is 9.99. The van der Waals surface area contributed by atoms with Crippen LogP contribution in [0.2, 0.25) is 0 Å². The van der Waals surface area contributed by atoms with Gasteiger partial charge in [-0.15, -0.1) is 11.8 Å². The number of rotatable bonds is 6. The number of aromatic nitrogens is 1. The van der Waals surface area contributed by atoms with Crippen molar-refractivity contribution in [1.82, 2.24) is 4.98 Å². The Kier molecular flexibility index (Phi) is 6.29. The van der Waals surface area contributed by atoms with Crippen LogP contribution in [0, 0.1) is 28.4 Å². The number of benzene rings is 3. The van der Waals surface area contributed by atoms with Crippen LogP contribution < -0.4 is 0 Å². The normalized spacial score (nSPS) is 10.5. The molecule has 0 N–H and O–H groups in total.